The maximum absolute atomic E-state index is 3.60. The van der Waals surface area contributed by atoms with E-state index in [2.05, 4.69) is 54.4 Å². The normalized spacial score (nSPS) is 28.7. The molecule has 0 spiro atoms. The van der Waals surface area contributed by atoms with Gasteiger partial charge in [0.05, 0.1) is 5.33 Å². The molecule has 0 bridgehead atoms. The summed E-state index contributed by atoms with van der Waals surface area (Å²) in [5, 5.41) is 1.09. The third-order valence-electron chi connectivity index (χ3n) is 2.96. The van der Waals surface area contributed by atoms with Crippen molar-refractivity contribution in [1.29, 1.82) is 0 Å². The molecule has 0 amide bonds. The van der Waals surface area contributed by atoms with Crippen molar-refractivity contribution in [3.63, 3.8) is 0 Å². The van der Waals surface area contributed by atoms with Gasteiger partial charge >= 0.3 is 0 Å². The van der Waals surface area contributed by atoms with Gasteiger partial charge in [-0.25, -0.2) is 4.58 Å². The van der Waals surface area contributed by atoms with E-state index in [1.54, 1.807) is 0 Å². The lowest BCUT2D eigenvalue weighted by Gasteiger charge is -2.13. The van der Waals surface area contributed by atoms with Crippen molar-refractivity contribution < 1.29 is 4.58 Å². The number of alkyl halides is 1. The predicted molar refractivity (Wildman–Crippen MR) is 62.1 cm³/mol. The number of rotatable bonds is 3. The summed E-state index contributed by atoms with van der Waals surface area (Å²) in [7, 11) is 0. The van der Waals surface area contributed by atoms with Gasteiger partial charge < -0.3 is 0 Å². The van der Waals surface area contributed by atoms with E-state index >= 15 is 0 Å². The summed E-state index contributed by atoms with van der Waals surface area (Å²) in [6.07, 6.45) is 4.94. The molecule has 0 aromatic heterocycles. The lowest BCUT2D eigenvalue weighted by Crippen LogP contribution is -2.30. The number of hydrogen-bond donors (Lipinski definition) is 0. The molecule has 0 aromatic rings. The summed E-state index contributed by atoms with van der Waals surface area (Å²) in [5.41, 5.74) is 0.391. The second-order valence-electron chi connectivity index (χ2n) is 4.83. The predicted octanol–water partition coefficient (Wildman–Crippen LogP) is 3.06. The van der Waals surface area contributed by atoms with E-state index in [9.17, 15) is 0 Å². The Balaban J connectivity index is 2.79. The minimum atomic E-state index is 0.391. The van der Waals surface area contributed by atoms with Gasteiger partial charge in [-0.1, -0.05) is 36.7 Å². The Morgan fingerprint density at radius 2 is 2.23 bits per heavy atom. The zero-order chi connectivity index (χ0) is 10.1. The Kier molecular flexibility index (Phi) is 3.56. The van der Waals surface area contributed by atoms with Crippen molar-refractivity contribution in [1.82, 2.24) is 0 Å². The topological polar surface area (TPSA) is 3.01 Å². The van der Waals surface area contributed by atoms with E-state index < -0.39 is 0 Å². The van der Waals surface area contributed by atoms with Gasteiger partial charge in [0.15, 0.2) is 6.04 Å². The number of hydrogen-bond acceptors (Lipinski definition) is 0. The van der Waals surface area contributed by atoms with Crippen molar-refractivity contribution in [3.05, 3.63) is 0 Å². The average molecular weight is 247 g/mol. The molecule has 0 fully saturated rings. The van der Waals surface area contributed by atoms with Crippen LogP contribution >= 0.6 is 15.9 Å². The monoisotopic (exact) mass is 246 g/mol. The van der Waals surface area contributed by atoms with Crippen molar-refractivity contribution in [2.45, 2.75) is 52.6 Å². The highest BCUT2D eigenvalue weighted by Gasteiger charge is 2.39. The molecule has 1 aliphatic rings. The van der Waals surface area contributed by atoms with Gasteiger partial charge in [-0.3, -0.25) is 0 Å². The summed E-state index contributed by atoms with van der Waals surface area (Å²) < 4.78 is 2.54. The van der Waals surface area contributed by atoms with E-state index in [0.29, 0.717) is 17.5 Å². The van der Waals surface area contributed by atoms with E-state index in [1.807, 2.05) is 0 Å². The van der Waals surface area contributed by atoms with E-state index in [0.717, 1.165) is 5.33 Å². The molecule has 1 aliphatic heterocycles. The molecule has 2 unspecified atom stereocenters. The van der Waals surface area contributed by atoms with Gasteiger partial charge in [-0.05, 0) is 6.92 Å². The second kappa shape index (κ2) is 4.12. The minimum Gasteiger partial charge on any atom is -0.233 e. The summed E-state index contributed by atoms with van der Waals surface area (Å²) in [4.78, 5) is 0. The van der Waals surface area contributed by atoms with Crippen molar-refractivity contribution in [2.75, 3.05) is 5.33 Å². The van der Waals surface area contributed by atoms with Crippen LogP contribution in [0.4, 0.5) is 0 Å². The molecule has 0 saturated carbocycles. The van der Waals surface area contributed by atoms with Crippen LogP contribution in [0.2, 0.25) is 0 Å². The fourth-order valence-corrected chi connectivity index (χ4v) is 2.67. The molecular formula is C11H21BrN+. The molecule has 0 N–H and O–H groups in total. The summed E-state index contributed by atoms with van der Waals surface area (Å²) in [6, 6.07) is 1.38. The van der Waals surface area contributed by atoms with Crippen molar-refractivity contribution in [3.8, 4) is 0 Å². The molecule has 2 heteroatoms. The van der Waals surface area contributed by atoms with E-state index in [-0.39, 0.29) is 0 Å². The average Bonchev–Trinajstić information content (AvgIpc) is 2.39. The van der Waals surface area contributed by atoms with Gasteiger partial charge in [-0.2, -0.15) is 0 Å². The first kappa shape index (κ1) is 11.2. The second-order valence-corrected chi connectivity index (χ2v) is 5.48. The molecule has 0 radical (unpaired) electrons. The van der Waals surface area contributed by atoms with Crippen LogP contribution in [0.15, 0.2) is 0 Å². The molecule has 13 heavy (non-hydrogen) atoms. The van der Waals surface area contributed by atoms with E-state index in [1.165, 1.54) is 12.8 Å². The van der Waals surface area contributed by atoms with Crippen molar-refractivity contribution in [2.24, 2.45) is 5.41 Å². The lowest BCUT2D eigenvalue weighted by molar-refractivity contribution is -0.582. The van der Waals surface area contributed by atoms with Gasteiger partial charge in [0.1, 0.15) is 12.3 Å². The standard InChI is InChI=1S/C11H21BrN/c1-5-9(2)13-8-11(3,4)6-10(13)7-12/h8-10H,5-7H2,1-4H3/q+1. The highest BCUT2D eigenvalue weighted by atomic mass is 79.9. The van der Waals surface area contributed by atoms with Gasteiger partial charge in [0.2, 0.25) is 0 Å². The molecule has 0 aromatic carbocycles. The molecule has 0 aliphatic carbocycles. The molecule has 1 nitrogen and oxygen atoms in total. The SMILES string of the molecule is CCC(C)[N+]1=CC(C)(C)CC1CBr. The van der Waals surface area contributed by atoms with Gasteiger partial charge in [0.25, 0.3) is 0 Å². The molecule has 76 valence electrons. The first-order chi connectivity index (χ1) is 6.00. The van der Waals surface area contributed by atoms with Crippen LogP contribution in [0.1, 0.15) is 40.5 Å². The Labute approximate surface area is 90.4 Å². The van der Waals surface area contributed by atoms with Crippen LogP contribution in [-0.4, -0.2) is 28.2 Å². The Morgan fingerprint density at radius 1 is 1.62 bits per heavy atom. The maximum atomic E-state index is 3.60. The minimum absolute atomic E-state index is 0.391. The largest absolute Gasteiger partial charge is 0.233 e. The summed E-state index contributed by atoms with van der Waals surface area (Å²) in [5.74, 6) is 0. The Hall–Kier alpha value is 0.150. The van der Waals surface area contributed by atoms with Gasteiger partial charge in [0, 0.05) is 18.3 Å². The highest BCUT2D eigenvalue weighted by Crippen LogP contribution is 2.29. The third-order valence-corrected chi connectivity index (χ3v) is 3.71. The van der Waals surface area contributed by atoms with Crippen LogP contribution in [0, 0.1) is 5.41 Å². The quantitative estimate of drug-likeness (QED) is 0.532. The van der Waals surface area contributed by atoms with Crippen LogP contribution in [0.25, 0.3) is 0 Å². The summed E-state index contributed by atoms with van der Waals surface area (Å²) in [6.45, 7) is 9.22. The number of nitrogens with zero attached hydrogens (tertiary/aromatic N) is 1. The van der Waals surface area contributed by atoms with Crippen LogP contribution in [-0.2, 0) is 0 Å². The van der Waals surface area contributed by atoms with Crippen LogP contribution in [0.3, 0.4) is 0 Å². The first-order valence-electron chi connectivity index (χ1n) is 5.19. The maximum Gasteiger partial charge on any atom is 0.163 e. The molecule has 1 rings (SSSR count). The molecule has 2 atom stereocenters. The fraction of sp³-hybridized carbons (Fsp3) is 0.909. The molecule has 1 heterocycles. The third kappa shape index (κ3) is 2.55. The highest BCUT2D eigenvalue weighted by molar-refractivity contribution is 9.09. The Bertz CT molecular complexity index is 208. The summed E-state index contributed by atoms with van der Waals surface area (Å²) >= 11 is 3.60. The van der Waals surface area contributed by atoms with Crippen LogP contribution in [0.5, 0.6) is 0 Å². The fourth-order valence-electron chi connectivity index (χ4n) is 2.11. The van der Waals surface area contributed by atoms with Crippen LogP contribution < -0.4 is 0 Å². The molecular weight excluding hydrogens is 226 g/mol. The number of halogens is 1. The zero-order valence-electron chi connectivity index (χ0n) is 9.18. The zero-order valence-corrected chi connectivity index (χ0v) is 10.8. The van der Waals surface area contributed by atoms with Crippen molar-refractivity contribution >= 4 is 22.1 Å². The lowest BCUT2D eigenvalue weighted by atomic mass is 9.91. The first-order valence-corrected chi connectivity index (χ1v) is 6.31. The Morgan fingerprint density at radius 3 is 2.69 bits per heavy atom. The van der Waals surface area contributed by atoms with E-state index in [4.69, 9.17) is 0 Å². The molecule has 0 saturated heterocycles. The van der Waals surface area contributed by atoms with Gasteiger partial charge in [-0.15, -0.1) is 0 Å². The smallest absolute Gasteiger partial charge is 0.163 e.